The largest absolute Gasteiger partial charge is 0.486 e. The molecule has 0 saturated heterocycles. The van der Waals surface area contributed by atoms with Crippen molar-refractivity contribution in [2.24, 2.45) is 0 Å². The molecule has 5 heteroatoms. The minimum absolute atomic E-state index is 0.0542. The van der Waals surface area contributed by atoms with Crippen LogP contribution in [-0.2, 0) is 6.54 Å². The average molecular weight is 262 g/mol. The Labute approximate surface area is 110 Å². The number of hydrogen-bond donors (Lipinski definition) is 1. The van der Waals surface area contributed by atoms with Crippen LogP contribution in [0.4, 0.5) is 0 Å². The van der Waals surface area contributed by atoms with Gasteiger partial charge < -0.3 is 14.8 Å². The standard InChI is InChI=1S/C13H14N2O2S/c1-2-4-13-12(3-1)16-7-11(17-13)6-14-5-10-8-18-9-15-10/h1-4,8-9,11,14H,5-7H2/t11-/m1/s1. The average Bonchev–Trinajstić information content (AvgIpc) is 2.92. The third-order valence-corrected chi connectivity index (χ3v) is 3.36. The Morgan fingerprint density at radius 3 is 3.06 bits per heavy atom. The van der Waals surface area contributed by atoms with E-state index in [2.05, 4.69) is 10.3 Å². The SMILES string of the molecule is c1ccc2c(c1)OC[C@@H](CNCc1cscn1)O2. The first kappa shape index (κ1) is 11.5. The van der Waals surface area contributed by atoms with Crippen molar-refractivity contribution in [1.29, 1.82) is 0 Å². The van der Waals surface area contributed by atoms with Crippen LogP contribution in [0.25, 0.3) is 0 Å². The van der Waals surface area contributed by atoms with Gasteiger partial charge in [0.05, 0.1) is 11.2 Å². The first-order valence-corrected chi connectivity index (χ1v) is 6.82. The summed E-state index contributed by atoms with van der Waals surface area (Å²) < 4.78 is 11.5. The minimum atomic E-state index is 0.0542. The minimum Gasteiger partial charge on any atom is -0.486 e. The molecular formula is C13H14N2O2S. The molecule has 0 spiro atoms. The second kappa shape index (κ2) is 5.37. The monoisotopic (exact) mass is 262 g/mol. The molecule has 1 aliphatic heterocycles. The Bertz CT molecular complexity index is 501. The molecule has 4 nitrogen and oxygen atoms in total. The lowest BCUT2D eigenvalue weighted by atomic mass is 10.2. The van der Waals surface area contributed by atoms with Crippen LogP contribution in [-0.4, -0.2) is 24.2 Å². The molecule has 2 heterocycles. The molecule has 0 saturated carbocycles. The molecule has 1 aliphatic rings. The lowest BCUT2D eigenvalue weighted by molar-refractivity contribution is 0.0902. The van der Waals surface area contributed by atoms with Gasteiger partial charge in [-0.3, -0.25) is 0 Å². The number of aromatic nitrogens is 1. The number of thiazole rings is 1. The van der Waals surface area contributed by atoms with E-state index in [1.54, 1.807) is 11.3 Å². The van der Waals surface area contributed by atoms with Gasteiger partial charge in [-0.15, -0.1) is 11.3 Å². The van der Waals surface area contributed by atoms with Gasteiger partial charge in [-0.05, 0) is 12.1 Å². The number of para-hydroxylation sites is 2. The molecule has 0 amide bonds. The molecule has 0 radical (unpaired) electrons. The van der Waals surface area contributed by atoms with Crippen molar-refractivity contribution in [2.45, 2.75) is 12.6 Å². The molecule has 18 heavy (non-hydrogen) atoms. The summed E-state index contributed by atoms with van der Waals surface area (Å²) >= 11 is 1.61. The first-order valence-electron chi connectivity index (χ1n) is 5.88. The Hall–Kier alpha value is -1.59. The lowest BCUT2D eigenvalue weighted by Gasteiger charge is -2.26. The molecule has 0 fully saturated rings. The highest BCUT2D eigenvalue weighted by molar-refractivity contribution is 7.07. The molecular weight excluding hydrogens is 248 g/mol. The number of hydrogen-bond acceptors (Lipinski definition) is 5. The van der Waals surface area contributed by atoms with Crippen molar-refractivity contribution in [1.82, 2.24) is 10.3 Å². The van der Waals surface area contributed by atoms with E-state index in [1.165, 1.54) is 0 Å². The summed E-state index contributed by atoms with van der Waals surface area (Å²) in [6.45, 7) is 2.11. The van der Waals surface area contributed by atoms with Crippen LogP contribution in [0.2, 0.25) is 0 Å². The third kappa shape index (κ3) is 2.63. The molecule has 0 aliphatic carbocycles. The second-order valence-corrected chi connectivity index (χ2v) is 4.83. The molecule has 0 bridgehead atoms. The molecule has 1 aromatic heterocycles. The molecule has 1 aromatic carbocycles. The second-order valence-electron chi connectivity index (χ2n) is 4.11. The third-order valence-electron chi connectivity index (χ3n) is 2.73. The summed E-state index contributed by atoms with van der Waals surface area (Å²) in [5, 5.41) is 5.37. The molecule has 0 unspecified atom stereocenters. The summed E-state index contributed by atoms with van der Waals surface area (Å²) in [5.41, 5.74) is 2.91. The van der Waals surface area contributed by atoms with Gasteiger partial charge in [0.25, 0.3) is 0 Å². The van der Waals surface area contributed by atoms with Crippen LogP contribution in [0.15, 0.2) is 35.2 Å². The summed E-state index contributed by atoms with van der Waals surface area (Å²) in [4.78, 5) is 4.22. The van der Waals surface area contributed by atoms with E-state index in [1.807, 2.05) is 35.2 Å². The van der Waals surface area contributed by atoms with Gasteiger partial charge in [-0.25, -0.2) is 4.98 Å². The molecule has 1 N–H and O–H groups in total. The topological polar surface area (TPSA) is 43.4 Å². The quantitative estimate of drug-likeness (QED) is 0.916. The van der Waals surface area contributed by atoms with Crippen LogP contribution in [0.3, 0.4) is 0 Å². The van der Waals surface area contributed by atoms with Gasteiger partial charge in [0.15, 0.2) is 11.5 Å². The number of benzene rings is 1. The fraction of sp³-hybridized carbons (Fsp3) is 0.308. The van der Waals surface area contributed by atoms with Crippen molar-refractivity contribution in [3.63, 3.8) is 0 Å². The van der Waals surface area contributed by atoms with E-state index in [9.17, 15) is 0 Å². The van der Waals surface area contributed by atoms with Crippen molar-refractivity contribution in [2.75, 3.05) is 13.2 Å². The maximum atomic E-state index is 5.85. The van der Waals surface area contributed by atoms with Crippen LogP contribution < -0.4 is 14.8 Å². The van der Waals surface area contributed by atoms with Crippen molar-refractivity contribution < 1.29 is 9.47 Å². The predicted octanol–water partition coefficient (Wildman–Crippen LogP) is 2.07. The maximum Gasteiger partial charge on any atom is 0.161 e. The highest BCUT2D eigenvalue weighted by atomic mass is 32.1. The Balaban J connectivity index is 1.51. The zero-order chi connectivity index (χ0) is 12.2. The number of nitrogens with one attached hydrogen (secondary N) is 1. The van der Waals surface area contributed by atoms with E-state index in [4.69, 9.17) is 9.47 Å². The normalized spacial score (nSPS) is 17.7. The zero-order valence-electron chi connectivity index (χ0n) is 9.83. The van der Waals surface area contributed by atoms with Gasteiger partial charge in [0.1, 0.15) is 12.7 Å². The zero-order valence-corrected chi connectivity index (χ0v) is 10.7. The Kier molecular flexibility index (Phi) is 3.43. The summed E-state index contributed by atoms with van der Waals surface area (Å²) in [6.07, 6.45) is 0.0542. The summed E-state index contributed by atoms with van der Waals surface area (Å²) in [6, 6.07) is 7.76. The van der Waals surface area contributed by atoms with Gasteiger partial charge in [-0.2, -0.15) is 0 Å². The fourth-order valence-electron chi connectivity index (χ4n) is 1.85. The van der Waals surface area contributed by atoms with Crippen LogP contribution in [0, 0.1) is 0 Å². The summed E-state index contributed by atoms with van der Waals surface area (Å²) in [7, 11) is 0. The predicted molar refractivity (Wildman–Crippen MR) is 70.2 cm³/mol. The Morgan fingerprint density at radius 2 is 2.22 bits per heavy atom. The Morgan fingerprint density at radius 1 is 1.33 bits per heavy atom. The molecule has 94 valence electrons. The smallest absolute Gasteiger partial charge is 0.161 e. The molecule has 3 rings (SSSR count). The van der Waals surface area contributed by atoms with E-state index < -0.39 is 0 Å². The van der Waals surface area contributed by atoms with Crippen molar-refractivity contribution in [3.05, 3.63) is 40.8 Å². The van der Waals surface area contributed by atoms with Gasteiger partial charge in [0.2, 0.25) is 0 Å². The van der Waals surface area contributed by atoms with Crippen molar-refractivity contribution >= 4 is 11.3 Å². The number of fused-ring (bicyclic) bond motifs is 1. The highest BCUT2D eigenvalue weighted by Crippen LogP contribution is 2.30. The van der Waals surface area contributed by atoms with E-state index in [0.29, 0.717) is 6.61 Å². The van der Waals surface area contributed by atoms with Crippen molar-refractivity contribution in [3.8, 4) is 11.5 Å². The molecule has 2 aromatic rings. The number of rotatable bonds is 4. The lowest BCUT2D eigenvalue weighted by Crippen LogP contribution is -2.38. The number of nitrogens with zero attached hydrogens (tertiary/aromatic N) is 1. The van der Waals surface area contributed by atoms with E-state index in [0.717, 1.165) is 30.3 Å². The van der Waals surface area contributed by atoms with Gasteiger partial charge >= 0.3 is 0 Å². The van der Waals surface area contributed by atoms with Crippen LogP contribution in [0.5, 0.6) is 11.5 Å². The number of ether oxygens (including phenoxy) is 2. The van der Waals surface area contributed by atoms with Gasteiger partial charge in [0, 0.05) is 18.5 Å². The molecule has 1 atom stereocenters. The highest BCUT2D eigenvalue weighted by Gasteiger charge is 2.19. The maximum absolute atomic E-state index is 5.85. The van der Waals surface area contributed by atoms with E-state index in [-0.39, 0.29) is 6.10 Å². The van der Waals surface area contributed by atoms with E-state index >= 15 is 0 Å². The summed E-state index contributed by atoms with van der Waals surface area (Å²) in [5.74, 6) is 1.65. The first-order chi connectivity index (χ1) is 8.92. The van der Waals surface area contributed by atoms with Gasteiger partial charge in [-0.1, -0.05) is 12.1 Å². The van der Waals surface area contributed by atoms with Crippen LogP contribution in [0.1, 0.15) is 5.69 Å². The fourth-order valence-corrected chi connectivity index (χ4v) is 2.41. The van der Waals surface area contributed by atoms with Crippen LogP contribution >= 0.6 is 11.3 Å².